The molecular weight excluding hydrogens is 436 g/mol. The van der Waals surface area contributed by atoms with Crippen LogP contribution < -0.4 is 15.0 Å². The Labute approximate surface area is 187 Å². The van der Waals surface area contributed by atoms with Gasteiger partial charge in [-0.05, 0) is 42.3 Å². The van der Waals surface area contributed by atoms with Crippen LogP contribution in [0.4, 0.5) is 8.78 Å². The summed E-state index contributed by atoms with van der Waals surface area (Å²) in [5, 5.41) is 8.01. The quantitative estimate of drug-likeness (QED) is 0.380. The number of hydrogen-bond acceptors (Lipinski definition) is 6. The highest BCUT2D eigenvalue weighted by atomic mass is 32.1. The van der Waals surface area contributed by atoms with E-state index in [0.717, 1.165) is 21.5 Å². The van der Waals surface area contributed by atoms with Crippen molar-refractivity contribution in [2.45, 2.75) is 19.8 Å². The molecule has 0 bridgehead atoms. The maximum Gasteiger partial charge on any atom is 0.387 e. The molecule has 0 spiro atoms. The first-order valence-electron chi connectivity index (χ1n) is 9.80. The average Bonchev–Trinajstić information content (AvgIpc) is 3.30. The molecule has 9 heteroatoms. The first-order chi connectivity index (χ1) is 15.5. The van der Waals surface area contributed by atoms with Gasteiger partial charge >= 0.3 is 6.61 Å². The van der Waals surface area contributed by atoms with Crippen molar-refractivity contribution in [3.05, 3.63) is 75.9 Å². The Kier molecular flexibility index (Phi) is 6.48. The van der Waals surface area contributed by atoms with E-state index >= 15 is 0 Å². The van der Waals surface area contributed by atoms with Gasteiger partial charge in [-0.25, -0.2) is 4.68 Å². The third kappa shape index (κ3) is 4.63. The minimum absolute atomic E-state index is 0.0330. The molecule has 0 saturated heterocycles. The fourth-order valence-corrected chi connectivity index (χ4v) is 4.25. The summed E-state index contributed by atoms with van der Waals surface area (Å²) in [6, 6.07) is 16.2. The van der Waals surface area contributed by atoms with E-state index < -0.39 is 6.61 Å². The van der Waals surface area contributed by atoms with Crippen molar-refractivity contribution in [2.75, 3.05) is 14.2 Å². The molecule has 32 heavy (non-hydrogen) atoms. The fourth-order valence-electron chi connectivity index (χ4n) is 3.52. The second-order valence-corrected chi connectivity index (χ2v) is 8.14. The summed E-state index contributed by atoms with van der Waals surface area (Å²) in [5.74, 6) is 0.194. The first-order valence-corrected chi connectivity index (χ1v) is 10.7. The molecule has 0 atom stereocenters. The monoisotopic (exact) mass is 457 g/mol. The minimum Gasteiger partial charge on any atom is -0.493 e. The highest BCUT2D eigenvalue weighted by Crippen LogP contribution is 2.30. The topological polar surface area (TPSA) is 56.6 Å². The zero-order valence-electron chi connectivity index (χ0n) is 17.5. The van der Waals surface area contributed by atoms with E-state index in [9.17, 15) is 13.6 Å². The Balaban J connectivity index is 1.63. The largest absolute Gasteiger partial charge is 0.493 e. The van der Waals surface area contributed by atoms with Gasteiger partial charge in [-0.3, -0.25) is 9.69 Å². The lowest BCUT2D eigenvalue weighted by atomic mass is 10.1. The Morgan fingerprint density at radius 2 is 1.88 bits per heavy atom. The molecule has 2 aromatic carbocycles. The summed E-state index contributed by atoms with van der Waals surface area (Å²) in [6.07, 6.45) is 0. The molecule has 6 nitrogen and oxygen atoms in total. The van der Waals surface area contributed by atoms with Crippen LogP contribution in [0.25, 0.3) is 21.3 Å². The van der Waals surface area contributed by atoms with E-state index in [-0.39, 0.29) is 23.7 Å². The van der Waals surface area contributed by atoms with Crippen molar-refractivity contribution in [3.8, 4) is 22.1 Å². The molecule has 0 unspecified atom stereocenters. The van der Waals surface area contributed by atoms with Crippen LogP contribution in [0, 0.1) is 0 Å². The van der Waals surface area contributed by atoms with Crippen LogP contribution in [0.2, 0.25) is 0 Å². The van der Waals surface area contributed by atoms with Gasteiger partial charge in [-0.2, -0.15) is 13.9 Å². The summed E-state index contributed by atoms with van der Waals surface area (Å²) in [7, 11) is 3.22. The number of halogens is 2. The predicted molar refractivity (Wildman–Crippen MR) is 120 cm³/mol. The van der Waals surface area contributed by atoms with Crippen molar-refractivity contribution in [2.24, 2.45) is 0 Å². The van der Waals surface area contributed by atoms with Gasteiger partial charge in [-0.15, -0.1) is 11.3 Å². The molecule has 0 N–H and O–H groups in total. The van der Waals surface area contributed by atoms with Gasteiger partial charge in [0.15, 0.2) is 11.5 Å². The lowest BCUT2D eigenvalue weighted by molar-refractivity contribution is -0.0512. The number of hydrogen-bond donors (Lipinski definition) is 0. The van der Waals surface area contributed by atoms with Crippen LogP contribution in [0.15, 0.2) is 64.8 Å². The molecule has 0 saturated carbocycles. The Bertz CT molecular complexity index is 1280. The molecule has 0 aliphatic heterocycles. The number of ether oxygens (including phenoxy) is 2. The van der Waals surface area contributed by atoms with E-state index in [1.807, 2.05) is 47.7 Å². The van der Waals surface area contributed by atoms with E-state index in [1.165, 1.54) is 17.9 Å². The van der Waals surface area contributed by atoms with Crippen LogP contribution >= 0.6 is 11.3 Å². The standard InChI is InChI=1S/C23H21F2N3O3S/c1-27(13-15-9-10-18(30-2)19(12-15)31-23(24)25)14-28-22(29)17-7-4-3-6-16(17)21(26-28)20-8-5-11-32-20/h3-12,23H,13-14H2,1-2H3. The molecule has 2 aromatic heterocycles. The Morgan fingerprint density at radius 1 is 1.09 bits per heavy atom. The zero-order valence-corrected chi connectivity index (χ0v) is 18.3. The number of thiophene rings is 1. The molecule has 4 rings (SSSR count). The van der Waals surface area contributed by atoms with Crippen molar-refractivity contribution >= 4 is 22.1 Å². The van der Waals surface area contributed by atoms with Crippen LogP contribution in [-0.4, -0.2) is 35.4 Å². The second kappa shape index (κ2) is 9.46. The molecule has 0 aliphatic carbocycles. The van der Waals surface area contributed by atoms with Gasteiger partial charge in [0.05, 0.1) is 24.0 Å². The van der Waals surface area contributed by atoms with Gasteiger partial charge in [-0.1, -0.05) is 30.3 Å². The Morgan fingerprint density at radius 3 is 2.56 bits per heavy atom. The first kappa shape index (κ1) is 21.9. The number of alkyl halides is 2. The SMILES string of the molecule is COc1ccc(CN(C)Cn2nc(-c3cccs3)c3ccccc3c2=O)cc1OC(F)F. The molecule has 0 aliphatic rings. The number of aromatic nitrogens is 2. The van der Waals surface area contributed by atoms with Crippen molar-refractivity contribution in [1.29, 1.82) is 0 Å². The van der Waals surface area contributed by atoms with E-state index in [0.29, 0.717) is 11.9 Å². The summed E-state index contributed by atoms with van der Waals surface area (Å²) < 4.78 is 36.5. The van der Waals surface area contributed by atoms with E-state index in [4.69, 9.17) is 4.74 Å². The van der Waals surface area contributed by atoms with Crippen LogP contribution in [0.3, 0.4) is 0 Å². The minimum atomic E-state index is -2.95. The molecule has 166 valence electrons. The summed E-state index contributed by atoms with van der Waals surface area (Å²) >= 11 is 1.56. The molecule has 0 amide bonds. The normalized spacial score (nSPS) is 11.4. The molecule has 0 radical (unpaired) electrons. The maximum absolute atomic E-state index is 13.1. The van der Waals surface area contributed by atoms with Gasteiger partial charge < -0.3 is 9.47 Å². The maximum atomic E-state index is 13.1. The smallest absolute Gasteiger partial charge is 0.387 e. The van der Waals surface area contributed by atoms with Gasteiger partial charge in [0.1, 0.15) is 5.69 Å². The lowest BCUT2D eigenvalue weighted by Crippen LogP contribution is -2.32. The molecule has 2 heterocycles. The third-order valence-electron chi connectivity index (χ3n) is 4.89. The number of rotatable bonds is 8. The van der Waals surface area contributed by atoms with E-state index in [1.54, 1.807) is 29.5 Å². The molecule has 4 aromatic rings. The van der Waals surface area contributed by atoms with Crippen molar-refractivity contribution in [3.63, 3.8) is 0 Å². The van der Waals surface area contributed by atoms with Crippen LogP contribution in [0.5, 0.6) is 11.5 Å². The number of fused-ring (bicyclic) bond motifs is 1. The molecule has 0 fully saturated rings. The second-order valence-electron chi connectivity index (χ2n) is 7.20. The number of methoxy groups -OCH3 is 1. The third-order valence-corrected chi connectivity index (χ3v) is 5.77. The zero-order chi connectivity index (χ0) is 22.7. The molecular formula is C23H21F2N3O3S. The average molecular weight is 458 g/mol. The van der Waals surface area contributed by atoms with Crippen molar-refractivity contribution in [1.82, 2.24) is 14.7 Å². The lowest BCUT2D eigenvalue weighted by Gasteiger charge is -2.19. The van der Waals surface area contributed by atoms with Crippen LogP contribution in [-0.2, 0) is 13.2 Å². The van der Waals surface area contributed by atoms with E-state index in [2.05, 4.69) is 9.84 Å². The summed E-state index contributed by atoms with van der Waals surface area (Å²) in [6.45, 7) is -2.34. The number of nitrogens with zero attached hydrogens (tertiary/aromatic N) is 3. The fraction of sp³-hybridized carbons (Fsp3) is 0.217. The predicted octanol–water partition coefficient (Wildman–Crippen LogP) is 4.82. The van der Waals surface area contributed by atoms with Crippen LogP contribution in [0.1, 0.15) is 5.56 Å². The van der Waals surface area contributed by atoms with Crippen molar-refractivity contribution < 1.29 is 18.3 Å². The van der Waals surface area contributed by atoms with Gasteiger partial charge in [0.25, 0.3) is 5.56 Å². The van der Waals surface area contributed by atoms with Gasteiger partial charge in [0, 0.05) is 11.9 Å². The summed E-state index contributed by atoms with van der Waals surface area (Å²) in [4.78, 5) is 15.9. The highest BCUT2D eigenvalue weighted by Gasteiger charge is 2.15. The highest BCUT2D eigenvalue weighted by molar-refractivity contribution is 7.13. The Hall–Kier alpha value is -3.30. The summed E-state index contributed by atoms with van der Waals surface area (Å²) in [5.41, 5.74) is 1.29. The number of benzene rings is 2. The van der Waals surface area contributed by atoms with Gasteiger partial charge in [0.2, 0.25) is 0 Å².